The third-order valence-corrected chi connectivity index (χ3v) is 1.48. The average Bonchev–Trinajstić information content (AvgIpc) is 1.92. The standard InChI is InChI=1S/C8H14/c1-2-4-6-8-7-5-3-1/h1-2H,3-8H2/b2-1-/i1D,2D. The molecular weight excluding hydrogens is 96.1 g/mol. The minimum Gasteiger partial charge on any atom is -0.0885 e. The topological polar surface area (TPSA) is 0 Å². The van der Waals surface area contributed by atoms with Crippen molar-refractivity contribution < 1.29 is 2.74 Å². The van der Waals surface area contributed by atoms with E-state index in [2.05, 4.69) is 0 Å². The zero-order chi connectivity index (χ0) is 7.40. The van der Waals surface area contributed by atoms with Crippen molar-refractivity contribution in [3.63, 3.8) is 0 Å². The van der Waals surface area contributed by atoms with E-state index < -0.39 is 0 Å². The molecule has 0 saturated heterocycles. The molecule has 0 aromatic heterocycles. The van der Waals surface area contributed by atoms with Gasteiger partial charge in [0.15, 0.2) is 0 Å². The highest BCUT2D eigenvalue weighted by Crippen LogP contribution is 2.09. The van der Waals surface area contributed by atoms with Gasteiger partial charge in [0.2, 0.25) is 0 Å². The first kappa shape index (κ1) is 3.71. The first-order chi connectivity index (χ1) is 4.80. The lowest BCUT2D eigenvalue weighted by Crippen LogP contribution is -1.80. The zero-order valence-electron chi connectivity index (χ0n) is 7.24. The summed E-state index contributed by atoms with van der Waals surface area (Å²) in [5.41, 5.74) is 0. The average molecular weight is 112 g/mol. The molecule has 0 atom stereocenters. The fourth-order valence-electron chi connectivity index (χ4n) is 0.957. The first-order valence-corrected chi connectivity index (χ1v) is 3.46. The number of allylic oxidation sites excluding steroid dienone is 2. The Bertz CT molecular complexity index is 122. The van der Waals surface area contributed by atoms with Gasteiger partial charge >= 0.3 is 0 Å². The second-order valence-electron chi connectivity index (χ2n) is 2.27. The summed E-state index contributed by atoms with van der Waals surface area (Å²) in [5, 5.41) is 0. The van der Waals surface area contributed by atoms with Crippen molar-refractivity contribution in [1.82, 2.24) is 0 Å². The van der Waals surface area contributed by atoms with Gasteiger partial charge in [0.05, 0.1) is 2.74 Å². The molecule has 0 radical (unpaired) electrons. The van der Waals surface area contributed by atoms with E-state index in [0.29, 0.717) is 12.1 Å². The van der Waals surface area contributed by atoms with E-state index in [1.165, 1.54) is 12.8 Å². The normalized spacial score (nSPS) is 37.0. The maximum Gasteiger partial charge on any atom is 0.0572 e. The first-order valence-electron chi connectivity index (χ1n) is 4.46. The van der Waals surface area contributed by atoms with Crippen LogP contribution in [0.4, 0.5) is 0 Å². The highest BCUT2D eigenvalue weighted by molar-refractivity contribution is 4.82. The molecule has 1 aliphatic rings. The van der Waals surface area contributed by atoms with E-state index in [-0.39, 0.29) is 0 Å². The highest BCUT2D eigenvalue weighted by atomic mass is 14.0. The van der Waals surface area contributed by atoms with Crippen LogP contribution in [0.1, 0.15) is 41.3 Å². The van der Waals surface area contributed by atoms with Gasteiger partial charge in [-0.2, -0.15) is 0 Å². The van der Waals surface area contributed by atoms with E-state index >= 15 is 0 Å². The van der Waals surface area contributed by atoms with Crippen molar-refractivity contribution in [2.45, 2.75) is 38.5 Å². The van der Waals surface area contributed by atoms with Crippen molar-refractivity contribution in [2.24, 2.45) is 0 Å². The molecule has 1 rings (SSSR count). The summed E-state index contributed by atoms with van der Waals surface area (Å²) in [6.45, 7) is 0. The summed E-state index contributed by atoms with van der Waals surface area (Å²) in [5.74, 6) is 0. The molecule has 0 aromatic rings. The molecule has 0 aromatic carbocycles. The van der Waals surface area contributed by atoms with Crippen molar-refractivity contribution in [3.05, 3.63) is 12.1 Å². The van der Waals surface area contributed by atoms with Crippen molar-refractivity contribution in [2.75, 3.05) is 0 Å². The predicted octanol–water partition coefficient (Wildman–Crippen LogP) is 2.90. The van der Waals surface area contributed by atoms with Gasteiger partial charge in [-0.1, -0.05) is 24.9 Å². The molecule has 0 fully saturated rings. The van der Waals surface area contributed by atoms with Gasteiger partial charge in [0.1, 0.15) is 0 Å². The second kappa shape index (κ2) is 3.71. The molecular formula is C8H14. The van der Waals surface area contributed by atoms with E-state index in [1.54, 1.807) is 0 Å². The van der Waals surface area contributed by atoms with Crippen molar-refractivity contribution >= 4 is 0 Å². The van der Waals surface area contributed by atoms with Gasteiger partial charge in [-0.15, -0.1) is 0 Å². The molecule has 0 unspecified atom stereocenters. The summed E-state index contributed by atoms with van der Waals surface area (Å²) in [6, 6.07) is 1.14. The van der Waals surface area contributed by atoms with E-state index in [4.69, 9.17) is 2.74 Å². The SMILES string of the molecule is [2H]/C1=C(\[2H])CCCCCC1. The van der Waals surface area contributed by atoms with Gasteiger partial charge < -0.3 is 0 Å². The van der Waals surface area contributed by atoms with Crippen molar-refractivity contribution in [3.8, 4) is 0 Å². The molecule has 0 bridgehead atoms. The second-order valence-corrected chi connectivity index (χ2v) is 2.27. The minimum absolute atomic E-state index is 0.569. The number of hydrogen-bond donors (Lipinski definition) is 0. The Morgan fingerprint density at radius 1 is 0.875 bits per heavy atom. The van der Waals surface area contributed by atoms with Gasteiger partial charge in [-0.3, -0.25) is 0 Å². The van der Waals surface area contributed by atoms with Crippen LogP contribution in [0.25, 0.3) is 0 Å². The molecule has 1 aliphatic carbocycles. The largest absolute Gasteiger partial charge is 0.0885 e. The Hall–Kier alpha value is -0.260. The van der Waals surface area contributed by atoms with Crippen LogP contribution in [0.15, 0.2) is 12.1 Å². The molecule has 0 heteroatoms. The lowest BCUT2D eigenvalue weighted by Gasteiger charge is -2.00. The lowest BCUT2D eigenvalue weighted by atomic mass is 10.1. The quantitative estimate of drug-likeness (QED) is 0.423. The number of hydrogen-bond acceptors (Lipinski definition) is 0. The Labute approximate surface area is 54.4 Å². The molecule has 0 N–H and O–H groups in total. The van der Waals surface area contributed by atoms with Crippen LogP contribution in [0.5, 0.6) is 0 Å². The molecule has 0 amide bonds. The molecule has 8 heavy (non-hydrogen) atoms. The van der Waals surface area contributed by atoms with Crippen LogP contribution < -0.4 is 0 Å². The summed E-state index contributed by atoms with van der Waals surface area (Å²) < 4.78 is 14.8. The Morgan fingerprint density at radius 3 is 1.88 bits per heavy atom. The zero-order valence-corrected chi connectivity index (χ0v) is 5.24. The third-order valence-electron chi connectivity index (χ3n) is 1.48. The van der Waals surface area contributed by atoms with E-state index in [0.717, 1.165) is 25.7 Å². The maximum atomic E-state index is 7.41. The van der Waals surface area contributed by atoms with E-state index in [1.807, 2.05) is 0 Å². The molecule has 0 spiro atoms. The van der Waals surface area contributed by atoms with E-state index in [9.17, 15) is 0 Å². The fourth-order valence-corrected chi connectivity index (χ4v) is 0.957. The fraction of sp³-hybridized carbons (Fsp3) is 0.750. The Balaban J connectivity index is 2.51. The van der Waals surface area contributed by atoms with Crippen LogP contribution in [0.2, 0.25) is 0 Å². The van der Waals surface area contributed by atoms with Crippen LogP contribution in [0.3, 0.4) is 0 Å². The molecule has 0 nitrogen and oxygen atoms in total. The molecule has 0 saturated carbocycles. The third kappa shape index (κ3) is 2.15. The maximum absolute atomic E-state index is 7.41. The van der Waals surface area contributed by atoms with Crippen LogP contribution in [-0.2, 0) is 0 Å². The summed E-state index contributed by atoms with van der Waals surface area (Å²) in [7, 11) is 0. The van der Waals surface area contributed by atoms with Crippen molar-refractivity contribution in [1.29, 1.82) is 0 Å². The monoisotopic (exact) mass is 112 g/mol. The lowest BCUT2D eigenvalue weighted by molar-refractivity contribution is 0.638. The molecule has 0 heterocycles. The van der Waals surface area contributed by atoms with Gasteiger partial charge in [-0.25, -0.2) is 0 Å². The number of rotatable bonds is 0. The minimum atomic E-state index is 0.569. The Morgan fingerprint density at radius 2 is 1.38 bits per heavy atom. The summed E-state index contributed by atoms with van der Waals surface area (Å²) in [4.78, 5) is 0. The van der Waals surface area contributed by atoms with Crippen LogP contribution in [0, 0.1) is 0 Å². The summed E-state index contributed by atoms with van der Waals surface area (Å²) >= 11 is 0. The molecule has 46 valence electrons. The Kier molecular flexibility index (Phi) is 1.72. The smallest absolute Gasteiger partial charge is 0.0572 e. The van der Waals surface area contributed by atoms with Gasteiger partial charge in [-0.05, 0) is 25.7 Å². The molecule has 0 aliphatic heterocycles. The predicted molar refractivity (Wildman–Crippen MR) is 36.8 cm³/mol. The van der Waals surface area contributed by atoms with Gasteiger partial charge in [0, 0.05) is 0 Å². The van der Waals surface area contributed by atoms with Crippen LogP contribution in [-0.4, -0.2) is 0 Å². The highest BCUT2D eigenvalue weighted by Gasteiger charge is 1.89. The van der Waals surface area contributed by atoms with Gasteiger partial charge in [0.25, 0.3) is 0 Å². The summed E-state index contributed by atoms with van der Waals surface area (Å²) in [6.07, 6.45) is 6.38. The van der Waals surface area contributed by atoms with Crippen LogP contribution >= 0.6 is 0 Å².